The van der Waals surface area contributed by atoms with Crippen LogP contribution < -0.4 is 0 Å². The van der Waals surface area contributed by atoms with Gasteiger partial charge in [-0.2, -0.15) is 0 Å². The molecule has 162 valence electrons. The van der Waals surface area contributed by atoms with Crippen molar-refractivity contribution in [3.8, 4) is 0 Å². The fourth-order valence-electron chi connectivity index (χ4n) is 5.13. The van der Waals surface area contributed by atoms with E-state index in [2.05, 4.69) is 53.4 Å². The van der Waals surface area contributed by atoms with Crippen molar-refractivity contribution >= 4 is 11.8 Å². The topological polar surface area (TPSA) is 49.9 Å². The number of carbonyl (C=O) groups excluding carboxylic acids is 2. The van der Waals surface area contributed by atoms with Crippen molar-refractivity contribution in [3.63, 3.8) is 0 Å². The lowest BCUT2D eigenvalue weighted by Gasteiger charge is -2.34. The van der Waals surface area contributed by atoms with Gasteiger partial charge in [0.2, 0.25) is 11.8 Å². The summed E-state index contributed by atoms with van der Waals surface area (Å²) >= 11 is 0. The van der Waals surface area contributed by atoms with Gasteiger partial charge in [-0.15, -0.1) is 0 Å². The molecule has 2 amide bonds. The Hall–Kier alpha value is -2.50. The highest BCUT2D eigenvalue weighted by molar-refractivity contribution is 6.06. The minimum atomic E-state index is -0.0609. The Labute approximate surface area is 184 Å². The summed E-state index contributed by atoms with van der Waals surface area (Å²) in [6.07, 6.45) is 3.84. The quantitative estimate of drug-likeness (QED) is 0.644. The smallest absolute Gasteiger partial charge is 0.233 e. The predicted octanol–water partition coefficient (Wildman–Crippen LogP) is 3.65. The number of carbonyl (C=O) groups is 2. The minimum absolute atomic E-state index is 0.0143. The molecule has 2 heterocycles. The van der Waals surface area contributed by atoms with Crippen LogP contribution in [-0.4, -0.2) is 53.9 Å². The third-order valence-electron chi connectivity index (χ3n) is 7.15. The molecule has 5 heteroatoms. The maximum absolute atomic E-state index is 12.4. The third kappa shape index (κ3) is 4.17. The van der Waals surface area contributed by atoms with E-state index in [1.165, 1.54) is 16.0 Å². The number of fused-ring (bicyclic) bond motifs is 1. The zero-order chi connectivity index (χ0) is 21.2. The Balaban J connectivity index is 1.15. The second-order valence-corrected chi connectivity index (χ2v) is 9.00. The lowest BCUT2D eigenvalue weighted by atomic mass is 9.76. The SMILES string of the molecule is O=C1[C@H]2CC[C@H]2C(=O)N1CCN1CCC(OC(c2ccccc2)c2ccccc2)CC1. The van der Waals surface area contributed by atoms with Crippen LogP contribution in [0.2, 0.25) is 0 Å². The first-order valence-corrected chi connectivity index (χ1v) is 11.5. The lowest BCUT2D eigenvalue weighted by molar-refractivity contribution is -0.139. The molecule has 0 aromatic heterocycles. The highest BCUT2D eigenvalue weighted by Crippen LogP contribution is 2.42. The molecule has 0 spiro atoms. The van der Waals surface area contributed by atoms with E-state index >= 15 is 0 Å². The van der Waals surface area contributed by atoms with Gasteiger partial charge in [0.05, 0.1) is 17.9 Å². The monoisotopic (exact) mass is 418 g/mol. The van der Waals surface area contributed by atoms with Crippen LogP contribution in [0, 0.1) is 11.8 Å². The van der Waals surface area contributed by atoms with Gasteiger partial charge in [-0.3, -0.25) is 14.5 Å². The van der Waals surface area contributed by atoms with Gasteiger partial charge < -0.3 is 9.64 Å². The maximum atomic E-state index is 12.4. The Bertz CT molecular complexity index is 847. The summed E-state index contributed by atoms with van der Waals surface area (Å²) in [5, 5.41) is 0. The van der Waals surface area contributed by atoms with E-state index < -0.39 is 0 Å². The molecule has 0 unspecified atom stereocenters. The van der Waals surface area contributed by atoms with Crippen molar-refractivity contribution < 1.29 is 14.3 Å². The van der Waals surface area contributed by atoms with Crippen LogP contribution in [0.5, 0.6) is 0 Å². The summed E-state index contributed by atoms with van der Waals surface area (Å²) in [5.41, 5.74) is 2.36. The predicted molar refractivity (Wildman–Crippen MR) is 118 cm³/mol. The van der Waals surface area contributed by atoms with Crippen molar-refractivity contribution in [2.24, 2.45) is 11.8 Å². The fourth-order valence-corrected chi connectivity index (χ4v) is 5.13. The average Bonchev–Trinajstić information content (AvgIpc) is 2.94. The zero-order valence-corrected chi connectivity index (χ0v) is 17.9. The molecule has 0 N–H and O–H groups in total. The second kappa shape index (κ2) is 8.93. The number of ether oxygens (including phenoxy) is 1. The number of hydrogen-bond donors (Lipinski definition) is 0. The summed E-state index contributed by atoms with van der Waals surface area (Å²) in [5.74, 6) is 0.0974. The Kier molecular flexibility index (Phi) is 5.88. The Morgan fingerprint density at radius 3 is 1.74 bits per heavy atom. The number of benzene rings is 2. The molecule has 1 aliphatic carbocycles. The van der Waals surface area contributed by atoms with Gasteiger partial charge in [-0.1, -0.05) is 60.7 Å². The van der Waals surface area contributed by atoms with Crippen LogP contribution >= 0.6 is 0 Å². The van der Waals surface area contributed by atoms with Gasteiger partial charge in [0, 0.05) is 26.2 Å². The molecule has 0 radical (unpaired) electrons. The first kappa shape index (κ1) is 20.4. The third-order valence-corrected chi connectivity index (χ3v) is 7.15. The molecule has 0 bridgehead atoms. The molecule has 5 nitrogen and oxygen atoms in total. The normalized spacial score (nSPS) is 24.5. The fraction of sp³-hybridized carbons (Fsp3) is 0.462. The Morgan fingerprint density at radius 2 is 1.26 bits per heavy atom. The van der Waals surface area contributed by atoms with Crippen LogP contribution in [0.25, 0.3) is 0 Å². The number of rotatable bonds is 7. The zero-order valence-electron chi connectivity index (χ0n) is 17.9. The molecule has 3 fully saturated rings. The summed E-state index contributed by atoms with van der Waals surface area (Å²) in [6, 6.07) is 20.8. The molecule has 2 aliphatic heterocycles. The standard InChI is InChI=1S/C26H30N2O3/c29-25-22-11-12-23(22)26(30)28(25)18-17-27-15-13-21(14-16-27)31-24(19-7-3-1-4-8-19)20-9-5-2-6-10-20/h1-10,21-24H,11-18H2/t22-,23+. The van der Waals surface area contributed by atoms with E-state index in [1.807, 2.05) is 12.1 Å². The van der Waals surface area contributed by atoms with Crippen LogP contribution in [-0.2, 0) is 14.3 Å². The highest BCUT2D eigenvalue weighted by Gasteiger charge is 2.52. The minimum Gasteiger partial charge on any atom is -0.365 e. The van der Waals surface area contributed by atoms with E-state index in [9.17, 15) is 9.59 Å². The van der Waals surface area contributed by atoms with Gasteiger partial charge in [-0.25, -0.2) is 0 Å². The van der Waals surface area contributed by atoms with Crippen LogP contribution in [0.15, 0.2) is 60.7 Å². The molecule has 31 heavy (non-hydrogen) atoms. The highest BCUT2D eigenvalue weighted by atomic mass is 16.5. The van der Waals surface area contributed by atoms with Crippen molar-refractivity contribution in [1.82, 2.24) is 9.80 Å². The molecule has 2 atom stereocenters. The van der Waals surface area contributed by atoms with Crippen molar-refractivity contribution in [1.29, 1.82) is 0 Å². The van der Waals surface area contributed by atoms with Gasteiger partial charge in [-0.05, 0) is 36.8 Å². The number of nitrogens with zero attached hydrogens (tertiary/aromatic N) is 2. The average molecular weight is 419 g/mol. The number of piperidine rings is 1. The number of hydrogen-bond acceptors (Lipinski definition) is 4. The first-order valence-electron chi connectivity index (χ1n) is 11.5. The molecular formula is C26H30N2O3. The molecule has 2 aromatic carbocycles. The summed E-state index contributed by atoms with van der Waals surface area (Å²) in [6.45, 7) is 3.17. The van der Waals surface area contributed by atoms with E-state index in [1.54, 1.807) is 0 Å². The first-order chi connectivity index (χ1) is 15.2. The van der Waals surface area contributed by atoms with Crippen molar-refractivity contribution in [3.05, 3.63) is 71.8 Å². The summed E-state index contributed by atoms with van der Waals surface area (Å²) in [4.78, 5) is 28.6. The van der Waals surface area contributed by atoms with Crippen LogP contribution in [0.3, 0.4) is 0 Å². The van der Waals surface area contributed by atoms with Crippen LogP contribution in [0.4, 0.5) is 0 Å². The van der Waals surface area contributed by atoms with Crippen molar-refractivity contribution in [2.45, 2.75) is 37.9 Å². The largest absolute Gasteiger partial charge is 0.365 e. The molecular weight excluding hydrogens is 388 g/mol. The molecule has 2 saturated heterocycles. The van der Waals surface area contributed by atoms with E-state index in [0.717, 1.165) is 45.3 Å². The van der Waals surface area contributed by atoms with Crippen LogP contribution in [0.1, 0.15) is 42.9 Å². The van der Waals surface area contributed by atoms with E-state index in [0.29, 0.717) is 6.54 Å². The maximum Gasteiger partial charge on any atom is 0.233 e. The molecule has 1 saturated carbocycles. The van der Waals surface area contributed by atoms with Gasteiger partial charge >= 0.3 is 0 Å². The molecule has 3 aliphatic rings. The van der Waals surface area contributed by atoms with E-state index in [-0.39, 0.29) is 35.9 Å². The van der Waals surface area contributed by atoms with Crippen molar-refractivity contribution in [2.75, 3.05) is 26.2 Å². The van der Waals surface area contributed by atoms with Gasteiger partial charge in [0.15, 0.2) is 0 Å². The number of amides is 2. The van der Waals surface area contributed by atoms with Gasteiger partial charge in [0.25, 0.3) is 0 Å². The molecule has 5 rings (SSSR count). The lowest BCUT2D eigenvalue weighted by Crippen LogP contribution is -2.43. The molecule has 2 aromatic rings. The van der Waals surface area contributed by atoms with E-state index in [4.69, 9.17) is 4.74 Å². The van der Waals surface area contributed by atoms with Gasteiger partial charge in [0.1, 0.15) is 6.10 Å². The second-order valence-electron chi connectivity index (χ2n) is 9.00. The summed E-state index contributed by atoms with van der Waals surface area (Å²) < 4.78 is 6.61. The number of imide groups is 1. The Morgan fingerprint density at radius 1 is 0.742 bits per heavy atom. The summed E-state index contributed by atoms with van der Waals surface area (Å²) in [7, 11) is 0. The number of likely N-dealkylation sites (tertiary alicyclic amines) is 2.